The lowest BCUT2D eigenvalue weighted by Crippen LogP contribution is -2.19. The molecule has 0 radical (unpaired) electrons. The number of nitrogens with one attached hydrogen (secondary N) is 1. The van der Waals surface area contributed by atoms with E-state index in [4.69, 9.17) is 16.3 Å². The summed E-state index contributed by atoms with van der Waals surface area (Å²) in [4.78, 5) is 1.25. The van der Waals surface area contributed by atoms with Crippen LogP contribution in [0.25, 0.3) is 0 Å². The van der Waals surface area contributed by atoms with Gasteiger partial charge in [-0.05, 0) is 17.7 Å². The van der Waals surface area contributed by atoms with E-state index in [0.29, 0.717) is 6.61 Å². The highest BCUT2D eigenvalue weighted by Crippen LogP contribution is 2.36. The second-order valence-corrected chi connectivity index (χ2v) is 7.38. The first-order valence-electron chi connectivity index (χ1n) is 6.10. The molecule has 0 fully saturated rings. The zero-order chi connectivity index (χ0) is 13.6. The Bertz CT molecular complexity index is 377. The molecule has 102 valence electrons. The minimum atomic E-state index is 0.186. The molecule has 4 heteroatoms. The van der Waals surface area contributed by atoms with Crippen LogP contribution < -0.4 is 5.32 Å². The molecule has 1 aromatic carbocycles. The van der Waals surface area contributed by atoms with Crippen LogP contribution in [0.1, 0.15) is 26.3 Å². The highest BCUT2D eigenvalue weighted by Gasteiger charge is 2.16. The summed E-state index contributed by atoms with van der Waals surface area (Å²) in [5.74, 6) is 0. The summed E-state index contributed by atoms with van der Waals surface area (Å²) in [6.45, 7) is 8.96. The number of ether oxygens (including phenoxy) is 1. The molecule has 1 N–H and O–H groups in total. The van der Waals surface area contributed by atoms with Crippen molar-refractivity contribution in [2.45, 2.75) is 37.0 Å². The second kappa shape index (κ2) is 7.39. The number of hydrogen-bond donors (Lipinski definition) is 1. The lowest BCUT2D eigenvalue weighted by Gasteiger charge is -2.20. The van der Waals surface area contributed by atoms with Gasteiger partial charge in [0.05, 0.1) is 6.61 Å². The van der Waals surface area contributed by atoms with Crippen molar-refractivity contribution in [2.75, 3.05) is 20.3 Å². The van der Waals surface area contributed by atoms with Crippen LogP contribution in [0.4, 0.5) is 0 Å². The molecule has 0 atom stereocenters. The van der Waals surface area contributed by atoms with Crippen LogP contribution in [-0.2, 0) is 11.3 Å². The minimum absolute atomic E-state index is 0.186. The van der Waals surface area contributed by atoms with E-state index in [0.717, 1.165) is 18.1 Å². The molecule has 0 aromatic heterocycles. The molecular formula is C14H22ClNOS. The Morgan fingerprint density at radius 1 is 1.33 bits per heavy atom. The van der Waals surface area contributed by atoms with Crippen LogP contribution in [0.15, 0.2) is 23.1 Å². The Labute approximate surface area is 119 Å². The first-order chi connectivity index (χ1) is 8.44. The quantitative estimate of drug-likeness (QED) is 0.632. The number of hydrogen-bond acceptors (Lipinski definition) is 3. The summed E-state index contributed by atoms with van der Waals surface area (Å²) in [5, 5.41) is 4.17. The first-order valence-corrected chi connectivity index (χ1v) is 7.29. The summed E-state index contributed by atoms with van der Waals surface area (Å²) in [5.41, 5.74) is 1.18. The number of benzene rings is 1. The molecule has 18 heavy (non-hydrogen) atoms. The highest BCUT2D eigenvalue weighted by atomic mass is 35.5. The maximum Gasteiger partial charge on any atom is 0.0587 e. The zero-order valence-electron chi connectivity index (χ0n) is 11.5. The van der Waals surface area contributed by atoms with E-state index in [-0.39, 0.29) is 4.75 Å². The van der Waals surface area contributed by atoms with Crippen molar-refractivity contribution in [3.05, 3.63) is 28.8 Å². The van der Waals surface area contributed by atoms with Crippen LogP contribution in [-0.4, -0.2) is 25.0 Å². The third kappa shape index (κ3) is 5.61. The molecule has 0 heterocycles. The van der Waals surface area contributed by atoms with E-state index in [9.17, 15) is 0 Å². The number of halogens is 1. The van der Waals surface area contributed by atoms with Crippen molar-refractivity contribution < 1.29 is 4.74 Å². The van der Waals surface area contributed by atoms with Crippen molar-refractivity contribution in [3.8, 4) is 0 Å². The summed E-state index contributed by atoms with van der Waals surface area (Å²) in [6.07, 6.45) is 0. The topological polar surface area (TPSA) is 21.3 Å². The molecule has 1 rings (SSSR count). The van der Waals surface area contributed by atoms with E-state index in [1.54, 1.807) is 7.11 Å². The van der Waals surface area contributed by atoms with Crippen LogP contribution in [0.2, 0.25) is 5.02 Å². The monoisotopic (exact) mass is 287 g/mol. The number of methoxy groups -OCH3 is 1. The molecule has 2 nitrogen and oxygen atoms in total. The predicted octanol–water partition coefficient (Wildman–Crippen LogP) is 3.97. The molecular weight excluding hydrogens is 266 g/mol. The fourth-order valence-electron chi connectivity index (χ4n) is 1.52. The SMILES string of the molecule is COCCNCc1c(Cl)cccc1SC(C)(C)C. The lowest BCUT2D eigenvalue weighted by atomic mass is 10.2. The third-order valence-electron chi connectivity index (χ3n) is 2.28. The Kier molecular flexibility index (Phi) is 6.50. The Hall–Kier alpha value is -0.220. The molecule has 0 aliphatic rings. The van der Waals surface area contributed by atoms with Crippen LogP contribution in [0, 0.1) is 0 Å². The van der Waals surface area contributed by atoms with Crippen molar-refractivity contribution in [1.82, 2.24) is 5.32 Å². The van der Waals surface area contributed by atoms with E-state index >= 15 is 0 Å². The van der Waals surface area contributed by atoms with E-state index in [1.165, 1.54) is 10.5 Å². The molecule has 1 aromatic rings. The van der Waals surface area contributed by atoms with Gasteiger partial charge in [-0.25, -0.2) is 0 Å². The fraction of sp³-hybridized carbons (Fsp3) is 0.571. The Balaban J connectivity index is 2.74. The van der Waals surface area contributed by atoms with Gasteiger partial charge in [-0.1, -0.05) is 38.4 Å². The lowest BCUT2D eigenvalue weighted by molar-refractivity contribution is 0.199. The van der Waals surface area contributed by atoms with Crippen molar-refractivity contribution in [3.63, 3.8) is 0 Å². The molecule has 0 saturated carbocycles. The minimum Gasteiger partial charge on any atom is -0.383 e. The van der Waals surface area contributed by atoms with Crippen molar-refractivity contribution in [2.24, 2.45) is 0 Å². The van der Waals surface area contributed by atoms with Gasteiger partial charge < -0.3 is 10.1 Å². The van der Waals surface area contributed by atoms with Gasteiger partial charge in [0.2, 0.25) is 0 Å². The van der Waals surface area contributed by atoms with Crippen LogP contribution >= 0.6 is 23.4 Å². The molecule has 0 bridgehead atoms. The number of thioether (sulfide) groups is 1. The molecule has 0 aliphatic heterocycles. The zero-order valence-corrected chi connectivity index (χ0v) is 13.1. The van der Waals surface area contributed by atoms with E-state index < -0.39 is 0 Å². The van der Waals surface area contributed by atoms with Gasteiger partial charge >= 0.3 is 0 Å². The Morgan fingerprint density at radius 2 is 2.06 bits per heavy atom. The normalized spacial score (nSPS) is 11.8. The summed E-state index contributed by atoms with van der Waals surface area (Å²) in [7, 11) is 1.71. The number of rotatable bonds is 6. The van der Waals surface area contributed by atoms with Gasteiger partial charge in [0, 0.05) is 34.9 Å². The fourth-order valence-corrected chi connectivity index (χ4v) is 2.93. The molecule has 0 unspecified atom stereocenters. The van der Waals surface area contributed by atoms with Crippen LogP contribution in [0.5, 0.6) is 0 Å². The third-order valence-corrected chi connectivity index (χ3v) is 3.85. The van der Waals surface area contributed by atoms with Crippen LogP contribution in [0.3, 0.4) is 0 Å². The van der Waals surface area contributed by atoms with E-state index in [2.05, 4.69) is 32.2 Å². The average molecular weight is 288 g/mol. The highest BCUT2D eigenvalue weighted by molar-refractivity contribution is 8.00. The second-order valence-electron chi connectivity index (χ2n) is 5.10. The average Bonchev–Trinajstić information content (AvgIpc) is 2.25. The largest absolute Gasteiger partial charge is 0.383 e. The van der Waals surface area contributed by atoms with Gasteiger partial charge in [0.15, 0.2) is 0 Å². The Morgan fingerprint density at radius 3 is 2.67 bits per heavy atom. The van der Waals surface area contributed by atoms with Gasteiger partial charge in [0.25, 0.3) is 0 Å². The van der Waals surface area contributed by atoms with E-state index in [1.807, 2.05) is 23.9 Å². The summed E-state index contributed by atoms with van der Waals surface area (Å²) in [6, 6.07) is 6.09. The van der Waals surface area contributed by atoms with Gasteiger partial charge in [-0.2, -0.15) is 0 Å². The predicted molar refractivity (Wildman–Crippen MR) is 80.6 cm³/mol. The van der Waals surface area contributed by atoms with Crippen molar-refractivity contribution >= 4 is 23.4 Å². The van der Waals surface area contributed by atoms with Crippen molar-refractivity contribution in [1.29, 1.82) is 0 Å². The molecule has 0 aliphatic carbocycles. The summed E-state index contributed by atoms with van der Waals surface area (Å²) >= 11 is 8.14. The molecule has 0 spiro atoms. The summed E-state index contributed by atoms with van der Waals surface area (Å²) < 4.78 is 5.21. The smallest absolute Gasteiger partial charge is 0.0587 e. The molecule has 0 amide bonds. The standard InChI is InChI=1S/C14H22ClNOS/c1-14(2,3)18-13-7-5-6-12(15)11(13)10-16-8-9-17-4/h5-7,16H,8-10H2,1-4H3. The van der Waals surface area contributed by atoms with Gasteiger partial charge in [-0.15, -0.1) is 11.8 Å². The maximum atomic E-state index is 6.29. The first kappa shape index (κ1) is 15.8. The van der Waals surface area contributed by atoms with Gasteiger partial charge in [0.1, 0.15) is 0 Å². The maximum absolute atomic E-state index is 6.29. The molecule has 0 saturated heterocycles. The van der Waals surface area contributed by atoms with Gasteiger partial charge in [-0.3, -0.25) is 0 Å².